The first-order chi connectivity index (χ1) is 23.4. The second-order valence-corrected chi connectivity index (χ2v) is 11.5. The number of primary amides is 1. The molecule has 0 radical (unpaired) electrons. The molecule has 2 amide bonds. The first-order valence-electron chi connectivity index (χ1n) is 18.3. The fourth-order valence-electron chi connectivity index (χ4n) is 4.59. The normalized spacial score (nSPS) is 17.3. The summed E-state index contributed by atoms with van der Waals surface area (Å²) in [6, 6.07) is -3.00. The van der Waals surface area contributed by atoms with Crippen molar-refractivity contribution in [1.82, 2.24) is 10.6 Å². The van der Waals surface area contributed by atoms with E-state index in [9.17, 15) is 24.3 Å². The molecule has 0 aliphatic carbocycles. The van der Waals surface area contributed by atoms with Gasteiger partial charge in [0.25, 0.3) is 0 Å². The predicted molar refractivity (Wildman–Crippen MR) is 167 cm³/mol. The number of ketones is 1. The Bertz CT molecular complexity index is 1600. The van der Waals surface area contributed by atoms with Gasteiger partial charge in [0.15, 0.2) is 5.78 Å². The molecule has 0 heterocycles. The van der Waals surface area contributed by atoms with Gasteiger partial charge in [-0.25, -0.2) is 0 Å². The number of unbranched alkanes of at least 4 members (excludes halogenated alkanes) is 1. The molecule has 5 N–H and O–H groups in total. The number of phenolic OH excluding ortho intramolecular Hbond substituents is 1. The van der Waals surface area contributed by atoms with Crippen LogP contribution >= 0.6 is 0 Å². The van der Waals surface area contributed by atoms with Crippen LogP contribution in [-0.2, 0) is 36.7 Å². The molecule has 236 valence electrons. The maximum atomic E-state index is 14.0. The lowest BCUT2D eigenvalue weighted by Gasteiger charge is -2.25. The minimum Gasteiger partial charge on any atom is -0.508 e. The van der Waals surface area contributed by atoms with Crippen LogP contribution in [0.5, 0.6) is 5.75 Å². The molecule has 3 atom stereocenters. The average molecular weight is 604 g/mol. The van der Waals surface area contributed by atoms with E-state index >= 15 is 0 Å². The number of ether oxygens (including phenoxy) is 1. The molecule has 0 aliphatic rings. The van der Waals surface area contributed by atoms with Gasteiger partial charge < -0.3 is 26.2 Å². The number of aromatic hydroxyl groups is 1. The van der Waals surface area contributed by atoms with E-state index in [1.165, 1.54) is 12.1 Å². The minimum atomic E-state index is -3.37. The fourth-order valence-corrected chi connectivity index (χ4v) is 4.59. The third-order valence-corrected chi connectivity index (χ3v) is 6.63. The number of carbonyl (C=O) groups excluding carboxylic acids is 4. The van der Waals surface area contributed by atoms with Crippen molar-refractivity contribution in [3.05, 3.63) is 64.6 Å². The molecule has 9 nitrogen and oxygen atoms in total. The summed E-state index contributed by atoms with van der Waals surface area (Å²) in [7, 11) is 1.72. The monoisotopic (exact) mass is 603 g/mol. The molecule has 0 aromatic heterocycles. The van der Waals surface area contributed by atoms with E-state index in [4.69, 9.17) is 21.4 Å². The summed E-state index contributed by atoms with van der Waals surface area (Å²) in [5.74, 6) is -8.25. The van der Waals surface area contributed by atoms with Crippen molar-refractivity contribution < 1.29 is 40.0 Å². The minimum absolute atomic E-state index is 0.00478. The SMILES string of the molecule is [2H]c1c([2H])c([2H])c(C([2H])([2H])[C@]([2H])(CC(=O)[C@H](CCCCNC)NC(=O)[C@@H](CC(=O)OC(C)(C)C)Cc2c(C)cc(O)cc2C)C(N)=O)c([2H])c1[2H]. The number of nitrogens with one attached hydrogen (secondary N) is 2. The smallest absolute Gasteiger partial charge is 0.307 e. The van der Waals surface area contributed by atoms with Gasteiger partial charge in [-0.15, -0.1) is 0 Å². The summed E-state index contributed by atoms with van der Waals surface area (Å²) < 4.78 is 72.2. The topological polar surface area (TPSA) is 148 Å². The third kappa shape index (κ3) is 12.6. The summed E-state index contributed by atoms with van der Waals surface area (Å²) in [6.07, 6.45) is -4.04. The van der Waals surface area contributed by atoms with Crippen molar-refractivity contribution in [3.63, 3.8) is 0 Å². The number of hydrogen-bond acceptors (Lipinski definition) is 7. The summed E-state index contributed by atoms with van der Waals surface area (Å²) in [5, 5.41) is 15.7. The van der Waals surface area contributed by atoms with E-state index in [-0.39, 0.29) is 25.0 Å². The summed E-state index contributed by atoms with van der Waals surface area (Å²) in [4.78, 5) is 53.8. The highest BCUT2D eigenvalue weighted by Crippen LogP contribution is 2.26. The van der Waals surface area contributed by atoms with E-state index in [0.29, 0.717) is 36.1 Å². The highest BCUT2D eigenvalue weighted by molar-refractivity contribution is 5.93. The molecule has 9 heteroatoms. The van der Waals surface area contributed by atoms with Gasteiger partial charge in [-0.05, 0) is 115 Å². The first kappa shape index (κ1) is 24.7. The maximum absolute atomic E-state index is 14.0. The average Bonchev–Trinajstić information content (AvgIpc) is 3.00. The van der Waals surface area contributed by atoms with Gasteiger partial charge in [-0.3, -0.25) is 19.2 Å². The second kappa shape index (κ2) is 16.8. The van der Waals surface area contributed by atoms with Crippen molar-refractivity contribution in [1.29, 1.82) is 0 Å². The lowest BCUT2D eigenvalue weighted by molar-refractivity contribution is -0.157. The van der Waals surface area contributed by atoms with Gasteiger partial charge in [0.05, 0.1) is 25.2 Å². The molecular formula is C34H49N3O6. The Morgan fingerprint density at radius 1 is 1.07 bits per heavy atom. The molecular weight excluding hydrogens is 546 g/mol. The van der Waals surface area contributed by atoms with Crippen LogP contribution < -0.4 is 16.4 Å². The van der Waals surface area contributed by atoms with Gasteiger partial charge in [0.1, 0.15) is 11.4 Å². The summed E-state index contributed by atoms with van der Waals surface area (Å²) in [5.41, 5.74) is 5.65. The van der Waals surface area contributed by atoms with E-state index in [2.05, 4.69) is 10.6 Å². The number of amides is 2. The van der Waals surface area contributed by atoms with Gasteiger partial charge in [0.2, 0.25) is 11.8 Å². The van der Waals surface area contributed by atoms with Crippen LogP contribution in [0.15, 0.2) is 42.3 Å². The number of phenols is 1. The number of Topliss-reactive ketones (excluding diaryl/α,β-unsaturated/α-hetero) is 1. The Morgan fingerprint density at radius 2 is 1.70 bits per heavy atom. The first-order valence-corrected chi connectivity index (χ1v) is 14.3. The molecule has 2 aromatic rings. The maximum Gasteiger partial charge on any atom is 0.307 e. The molecule has 0 saturated carbocycles. The van der Waals surface area contributed by atoms with Crippen molar-refractivity contribution in [3.8, 4) is 5.75 Å². The van der Waals surface area contributed by atoms with Crippen LogP contribution in [0, 0.1) is 25.7 Å². The molecule has 0 spiro atoms. The van der Waals surface area contributed by atoms with E-state index in [1.54, 1.807) is 41.7 Å². The zero-order valence-corrected chi connectivity index (χ0v) is 25.8. The third-order valence-electron chi connectivity index (χ3n) is 6.63. The number of nitrogens with two attached hydrogens (primary N) is 1. The summed E-state index contributed by atoms with van der Waals surface area (Å²) >= 11 is 0. The fraction of sp³-hybridized carbons (Fsp3) is 0.529. The number of rotatable bonds is 17. The van der Waals surface area contributed by atoms with Crippen LogP contribution in [0.1, 0.15) is 86.1 Å². The van der Waals surface area contributed by atoms with Crippen molar-refractivity contribution in [2.45, 2.75) is 91.2 Å². The largest absolute Gasteiger partial charge is 0.508 e. The Labute approximate surface area is 267 Å². The van der Waals surface area contributed by atoms with E-state index < -0.39 is 95.6 Å². The number of aryl methyl sites for hydroxylation is 2. The van der Waals surface area contributed by atoms with Crippen molar-refractivity contribution in [2.24, 2.45) is 17.5 Å². The predicted octanol–water partition coefficient (Wildman–Crippen LogP) is 4.08. The van der Waals surface area contributed by atoms with Crippen LogP contribution in [0.25, 0.3) is 0 Å². The van der Waals surface area contributed by atoms with Crippen LogP contribution in [0.3, 0.4) is 0 Å². The van der Waals surface area contributed by atoms with Crippen LogP contribution in [-0.4, -0.2) is 53.9 Å². The van der Waals surface area contributed by atoms with Gasteiger partial charge in [-0.1, -0.05) is 30.2 Å². The zero-order chi connectivity index (χ0) is 39.2. The molecule has 0 aliphatic heterocycles. The van der Waals surface area contributed by atoms with Crippen LogP contribution in [0.4, 0.5) is 0 Å². The lowest BCUT2D eigenvalue weighted by Crippen LogP contribution is -2.46. The summed E-state index contributed by atoms with van der Waals surface area (Å²) in [6.45, 7) is 9.03. The standard InChI is InChI=1S/C34H49N3O6/c1-22-16-27(38)17-23(2)28(22)19-26(21-31(40)43-34(3,4)5)33(42)37-29(14-10-11-15-36-6)30(39)20-25(32(35)41)18-24-12-8-7-9-13-24/h7-9,12-13,16-17,25-26,29,36,38H,10-11,14-15,18-21H2,1-6H3,(H2,35,41)(H,37,42)/t25-,26-,29+/m1/s1/i7D,8D,9D,12D,13D,18D2,25D. The van der Waals surface area contributed by atoms with Crippen molar-refractivity contribution in [2.75, 3.05) is 13.6 Å². The highest BCUT2D eigenvalue weighted by Gasteiger charge is 2.31. The molecule has 0 unspecified atom stereocenters. The van der Waals surface area contributed by atoms with Crippen LogP contribution in [0.2, 0.25) is 0 Å². The van der Waals surface area contributed by atoms with Gasteiger partial charge in [-0.2, -0.15) is 0 Å². The molecule has 43 heavy (non-hydrogen) atoms. The lowest BCUT2D eigenvalue weighted by atomic mass is 9.88. The molecule has 0 fully saturated rings. The zero-order valence-electron chi connectivity index (χ0n) is 33.8. The van der Waals surface area contributed by atoms with Gasteiger partial charge in [0, 0.05) is 16.4 Å². The number of hydrogen-bond donors (Lipinski definition) is 4. The molecule has 0 saturated heterocycles. The van der Waals surface area contributed by atoms with E-state index in [0.717, 1.165) is 0 Å². The quantitative estimate of drug-likeness (QED) is 0.157. The number of benzene rings is 2. The Morgan fingerprint density at radius 3 is 2.26 bits per heavy atom. The molecule has 2 rings (SSSR count). The van der Waals surface area contributed by atoms with Gasteiger partial charge >= 0.3 is 5.97 Å². The number of carbonyl (C=O) groups is 4. The Kier molecular flexibility index (Phi) is 9.65. The second-order valence-electron chi connectivity index (χ2n) is 11.5. The number of esters is 1. The van der Waals surface area contributed by atoms with Crippen molar-refractivity contribution >= 4 is 23.6 Å². The van der Waals surface area contributed by atoms with E-state index in [1.807, 2.05) is 0 Å². The molecule has 0 bridgehead atoms. The Balaban J connectivity index is 2.59. The highest BCUT2D eigenvalue weighted by atomic mass is 16.6. The molecule has 2 aromatic carbocycles. The Hall–Kier alpha value is -3.72.